The minimum Gasteiger partial charge on any atom is -0.396 e. The van der Waals surface area contributed by atoms with Crippen molar-refractivity contribution in [3.63, 3.8) is 0 Å². The first-order valence-corrected chi connectivity index (χ1v) is 6.55. The molecule has 6 heteroatoms. The fourth-order valence-corrected chi connectivity index (χ4v) is 2.03. The van der Waals surface area contributed by atoms with Crippen LogP contribution < -0.4 is 11.1 Å². The third-order valence-electron chi connectivity index (χ3n) is 3.10. The number of fused-ring (bicyclic) bond motifs is 1. The molecule has 2 heterocycles. The van der Waals surface area contributed by atoms with Crippen molar-refractivity contribution in [1.29, 1.82) is 0 Å². The smallest absolute Gasteiger partial charge is 0.156 e. The molecule has 108 valence electrons. The molecule has 0 aliphatic carbocycles. The van der Waals surface area contributed by atoms with Gasteiger partial charge in [0.05, 0.1) is 23.1 Å². The molecule has 20 heavy (non-hydrogen) atoms. The summed E-state index contributed by atoms with van der Waals surface area (Å²) in [5.74, 6) is 0. The maximum absolute atomic E-state index is 5.97. The Morgan fingerprint density at radius 1 is 1.30 bits per heavy atom. The van der Waals surface area contributed by atoms with Crippen LogP contribution >= 0.6 is 0 Å². The van der Waals surface area contributed by atoms with Crippen molar-refractivity contribution < 1.29 is 9.47 Å². The zero-order valence-electron chi connectivity index (χ0n) is 11.8. The summed E-state index contributed by atoms with van der Waals surface area (Å²) in [6.45, 7) is 0.767. The molecule has 0 aromatic carbocycles. The molecule has 0 unspecified atom stereocenters. The predicted molar refractivity (Wildman–Crippen MR) is 79.5 cm³/mol. The van der Waals surface area contributed by atoms with Crippen LogP contribution in [-0.4, -0.2) is 37.0 Å². The standard InChI is InChI=1S/C14H20N4O2/c1-19-12(20-2)6-4-8-16-13-10(15)9-18-11-5-3-7-17-14(11)13/h3,5,7,9,12H,4,6,8,15H2,1-2H3,(H,16,18). The zero-order valence-corrected chi connectivity index (χ0v) is 11.8. The molecule has 0 saturated carbocycles. The third-order valence-corrected chi connectivity index (χ3v) is 3.10. The topological polar surface area (TPSA) is 82.3 Å². The second kappa shape index (κ2) is 7.02. The Labute approximate surface area is 118 Å². The molecule has 0 fully saturated rings. The van der Waals surface area contributed by atoms with Crippen LogP contribution in [0.25, 0.3) is 11.0 Å². The van der Waals surface area contributed by atoms with Gasteiger partial charge in [0.15, 0.2) is 6.29 Å². The summed E-state index contributed by atoms with van der Waals surface area (Å²) in [5.41, 5.74) is 9.03. The molecule has 0 saturated heterocycles. The lowest BCUT2D eigenvalue weighted by atomic mass is 10.2. The predicted octanol–water partition coefficient (Wildman–Crippen LogP) is 2.02. The number of rotatable bonds is 7. The van der Waals surface area contributed by atoms with E-state index < -0.39 is 0 Å². The Kier molecular flexibility index (Phi) is 5.09. The average molecular weight is 276 g/mol. The number of pyridine rings is 2. The Morgan fingerprint density at radius 2 is 2.10 bits per heavy atom. The van der Waals surface area contributed by atoms with Crippen LogP contribution in [0.5, 0.6) is 0 Å². The number of anilines is 2. The van der Waals surface area contributed by atoms with Crippen LogP contribution in [0.2, 0.25) is 0 Å². The molecule has 0 spiro atoms. The van der Waals surface area contributed by atoms with Gasteiger partial charge in [-0.2, -0.15) is 0 Å². The zero-order chi connectivity index (χ0) is 14.4. The number of hydrogen-bond donors (Lipinski definition) is 2. The van der Waals surface area contributed by atoms with Crippen LogP contribution in [0.1, 0.15) is 12.8 Å². The Hall–Kier alpha value is -1.92. The van der Waals surface area contributed by atoms with E-state index in [-0.39, 0.29) is 6.29 Å². The molecule has 6 nitrogen and oxygen atoms in total. The highest BCUT2D eigenvalue weighted by Gasteiger charge is 2.08. The van der Waals surface area contributed by atoms with E-state index in [1.165, 1.54) is 0 Å². The van der Waals surface area contributed by atoms with E-state index in [4.69, 9.17) is 15.2 Å². The summed E-state index contributed by atoms with van der Waals surface area (Å²) in [6, 6.07) is 3.77. The van der Waals surface area contributed by atoms with Crippen LogP contribution in [0.15, 0.2) is 24.5 Å². The largest absolute Gasteiger partial charge is 0.396 e. The van der Waals surface area contributed by atoms with E-state index in [0.717, 1.165) is 36.1 Å². The number of aromatic nitrogens is 2. The number of nitrogen functional groups attached to an aromatic ring is 1. The van der Waals surface area contributed by atoms with Gasteiger partial charge in [0.25, 0.3) is 0 Å². The van der Waals surface area contributed by atoms with Crippen molar-refractivity contribution in [2.45, 2.75) is 19.1 Å². The summed E-state index contributed by atoms with van der Waals surface area (Å²) in [5, 5.41) is 3.32. The highest BCUT2D eigenvalue weighted by atomic mass is 16.7. The summed E-state index contributed by atoms with van der Waals surface area (Å²) in [4.78, 5) is 8.59. The van der Waals surface area contributed by atoms with Gasteiger partial charge in [0.1, 0.15) is 5.52 Å². The number of methoxy groups -OCH3 is 2. The minimum atomic E-state index is -0.165. The molecule has 0 radical (unpaired) electrons. The first-order valence-electron chi connectivity index (χ1n) is 6.55. The average Bonchev–Trinajstić information content (AvgIpc) is 2.49. The molecule has 2 aromatic rings. The number of ether oxygens (including phenoxy) is 2. The van der Waals surface area contributed by atoms with Crippen molar-refractivity contribution in [3.8, 4) is 0 Å². The van der Waals surface area contributed by atoms with Crippen LogP contribution in [-0.2, 0) is 9.47 Å². The fraction of sp³-hybridized carbons (Fsp3) is 0.429. The van der Waals surface area contributed by atoms with Crippen LogP contribution in [0.4, 0.5) is 11.4 Å². The summed E-state index contributed by atoms with van der Waals surface area (Å²) in [6.07, 6.45) is 4.94. The van der Waals surface area contributed by atoms with Crippen LogP contribution in [0.3, 0.4) is 0 Å². The van der Waals surface area contributed by atoms with E-state index >= 15 is 0 Å². The van der Waals surface area contributed by atoms with Crippen molar-refractivity contribution >= 4 is 22.4 Å². The first kappa shape index (κ1) is 14.5. The Balaban J connectivity index is 2.01. The normalized spacial score (nSPS) is 11.2. The van der Waals surface area contributed by atoms with E-state index in [1.807, 2.05) is 12.1 Å². The van der Waals surface area contributed by atoms with E-state index in [9.17, 15) is 0 Å². The maximum Gasteiger partial charge on any atom is 0.156 e. The van der Waals surface area contributed by atoms with E-state index in [1.54, 1.807) is 26.6 Å². The van der Waals surface area contributed by atoms with Gasteiger partial charge < -0.3 is 20.5 Å². The highest BCUT2D eigenvalue weighted by molar-refractivity contribution is 5.93. The van der Waals surface area contributed by atoms with Crippen molar-refractivity contribution in [2.24, 2.45) is 0 Å². The van der Waals surface area contributed by atoms with Gasteiger partial charge in [0.2, 0.25) is 0 Å². The lowest BCUT2D eigenvalue weighted by Crippen LogP contribution is -2.15. The maximum atomic E-state index is 5.97. The molecule has 0 bridgehead atoms. The van der Waals surface area contributed by atoms with Crippen LogP contribution in [0, 0.1) is 0 Å². The second-order valence-electron chi connectivity index (χ2n) is 4.43. The monoisotopic (exact) mass is 276 g/mol. The van der Waals surface area contributed by atoms with Gasteiger partial charge in [-0.15, -0.1) is 0 Å². The lowest BCUT2D eigenvalue weighted by molar-refractivity contribution is -0.106. The third kappa shape index (κ3) is 3.34. The summed E-state index contributed by atoms with van der Waals surface area (Å²) < 4.78 is 10.3. The highest BCUT2D eigenvalue weighted by Crippen LogP contribution is 2.25. The van der Waals surface area contributed by atoms with Crippen molar-refractivity contribution in [3.05, 3.63) is 24.5 Å². The second-order valence-corrected chi connectivity index (χ2v) is 4.43. The van der Waals surface area contributed by atoms with E-state index in [2.05, 4.69) is 15.3 Å². The summed E-state index contributed by atoms with van der Waals surface area (Å²) in [7, 11) is 3.28. The number of nitrogens with two attached hydrogens (primary N) is 1. The number of nitrogens with zero attached hydrogens (tertiary/aromatic N) is 2. The fourth-order valence-electron chi connectivity index (χ4n) is 2.03. The minimum absolute atomic E-state index is 0.165. The molecule has 3 N–H and O–H groups in total. The van der Waals surface area contributed by atoms with Gasteiger partial charge in [-0.3, -0.25) is 9.97 Å². The summed E-state index contributed by atoms with van der Waals surface area (Å²) >= 11 is 0. The van der Waals surface area contributed by atoms with Crippen molar-refractivity contribution in [2.75, 3.05) is 31.8 Å². The molecule has 2 aromatic heterocycles. The van der Waals surface area contributed by atoms with Gasteiger partial charge >= 0.3 is 0 Å². The molecular formula is C14H20N4O2. The molecule has 2 rings (SSSR count). The Morgan fingerprint density at radius 3 is 2.85 bits per heavy atom. The van der Waals surface area contributed by atoms with E-state index in [0.29, 0.717) is 5.69 Å². The molecule has 0 atom stereocenters. The van der Waals surface area contributed by atoms with Gasteiger partial charge in [0, 0.05) is 27.0 Å². The molecular weight excluding hydrogens is 256 g/mol. The number of nitrogens with one attached hydrogen (secondary N) is 1. The first-order chi connectivity index (χ1) is 9.76. The lowest BCUT2D eigenvalue weighted by Gasteiger charge is -2.14. The van der Waals surface area contributed by atoms with Gasteiger partial charge in [-0.25, -0.2) is 0 Å². The molecule has 0 amide bonds. The SMILES string of the molecule is COC(CCCNc1c(N)cnc2cccnc12)OC. The van der Waals surface area contributed by atoms with Crippen molar-refractivity contribution in [1.82, 2.24) is 9.97 Å². The van der Waals surface area contributed by atoms with Gasteiger partial charge in [-0.1, -0.05) is 0 Å². The molecule has 0 aliphatic heterocycles. The quantitative estimate of drug-likeness (QED) is 0.594. The Bertz CT molecular complexity index is 558. The van der Waals surface area contributed by atoms with Gasteiger partial charge in [-0.05, 0) is 25.0 Å². The number of hydrogen-bond acceptors (Lipinski definition) is 6. The molecule has 0 aliphatic rings.